The first-order chi connectivity index (χ1) is 12.0. The average molecular weight is 412 g/mol. The topological polar surface area (TPSA) is 30.7 Å². The Morgan fingerprint density at radius 1 is 1.16 bits per heavy atom. The van der Waals surface area contributed by atoms with Gasteiger partial charge in [-0.05, 0) is 44.0 Å². The lowest BCUT2D eigenvalue weighted by Crippen LogP contribution is -2.04. The number of benzene rings is 1. The van der Waals surface area contributed by atoms with E-state index in [-0.39, 0.29) is 6.04 Å². The van der Waals surface area contributed by atoms with E-state index >= 15 is 0 Å². The number of rotatable bonds is 6. The molecular weight excluding hydrogens is 393 g/mol. The molecule has 132 valence electrons. The number of thioether (sulfide) groups is 1. The minimum Gasteiger partial charge on any atom is -0.299 e. The third-order valence-electron chi connectivity index (χ3n) is 3.79. The highest BCUT2D eigenvalue weighted by atomic mass is 35.5. The number of nitrogens with zero attached hydrogens (tertiary/aromatic N) is 3. The molecule has 7 heteroatoms. The maximum atomic E-state index is 6.10. The molecule has 0 aliphatic rings. The lowest BCUT2D eigenvalue weighted by atomic mass is 10.2. The highest BCUT2D eigenvalue weighted by Gasteiger charge is 2.18. The Bertz CT molecular complexity index is 871. The normalized spacial score (nSPS) is 11.4. The van der Waals surface area contributed by atoms with Gasteiger partial charge < -0.3 is 0 Å². The molecule has 0 atom stereocenters. The molecule has 25 heavy (non-hydrogen) atoms. The summed E-state index contributed by atoms with van der Waals surface area (Å²) in [5, 5.41) is 13.1. The molecule has 0 spiro atoms. The minimum absolute atomic E-state index is 0.284. The van der Waals surface area contributed by atoms with Crippen molar-refractivity contribution in [1.29, 1.82) is 0 Å². The van der Waals surface area contributed by atoms with Crippen molar-refractivity contribution in [2.24, 2.45) is 0 Å². The Labute approximate surface area is 166 Å². The molecule has 3 aromatic rings. The molecule has 0 amide bonds. The second kappa shape index (κ2) is 8.12. The molecule has 0 saturated carbocycles. The van der Waals surface area contributed by atoms with Crippen molar-refractivity contribution in [3.05, 3.63) is 50.1 Å². The van der Waals surface area contributed by atoms with Gasteiger partial charge in [-0.2, -0.15) is 0 Å². The molecule has 0 aliphatic heterocycles. The summed E-state index contributed by atoms with van der Waals surface area (Å²) in [4.78, 5) is 1.36. The minimum atomic E-state index is 0.284. The summed E-state index contributed by atoms with van der Waals surface area (Å²) in [6.45, 7) is 6.48. The SMILES string of the molecule is CCc1cc(-c2nnc(SCc3ccc(Cl)c(Cl)c3)n2C(C)C)cs1. The fraction of sp³-hybridized carbons (Fsp3) is 0.333. The van der Waals surface area contributed by atoms with Crippen molar-refractivity contribution in [2.45, 2.75) is 44.1 Å². The highest BCUT2D eigenvalue weighted by molar-refractivity contribution is 7.98. The van der Waals surface area contributed by atoms with Gasteiger partial charge >= 0.3 is 0 Å². The van der Waals surface area contributed by atoms with Gasteiger partial charge in [-0.3, -0.25) is 4.57 Å². The van der Waals surface area contributed by atoms with E-state index in [9.17, 15) is 0 Å². The predicted octanol–water partition coefficient (Wildman–Crippen LogP) is 6.75. The van der Waals surface area contributed by atoms with E-state index < -0.39 is 0 Å². The molecule has 0 saturated heterocycles. The zero-order chi connectivity index (χ0) is 18.0. The third-order valence-corrected chi connectivity index (χ3v) is 6.63. The van der Waals surface area contributed by atoms with E-state index in [1.807, 2.05) is 18.2 Å². The second-order valence-corrected chi connectivity index (χ2v) is 8.71. The Morgan fingerprint density at radius 2 is 1.96 bits per heavy atom. The number of halogens is 2. The maximum absolute atomic E-state index is 6.10. The van der Waals surface area contributed by atoms with E-state index in [2.05, 4.69) is 47.0 Å². The number of hydrogen-bond acceptors (Lipinski definition) is 4. The van der Waals surface area contributed by atoms with Gasteiger partial charge in [-0.1, -0.05) is 48.0 Å². The van der Waals surface area contributed by atoms with Crippen LogP contribution in [0.4, 0.5) is 0 Å². The van der Waals surface area contributed by atoms with Crippen molar-refractivity contribution in [1.82, 2.24) is 14.8 Å². The zero-order valence-corrected chi connectivity index (χ0v) is 17.4. The zero-order valence-electron chi connectivity index (χ0n) is 14.3. The molecule has 2 aromatic heterocycles. The summed E-state index contributed by atoms with van der Waals surface area (Å²) < 4.78 is 2.20. The Kier molecular flexibility index (Phi) is 6.10. The van der Waals surface area contributed by atoms with Crippen LogP contribution in [0.25, 0.3) is 11.4 Å². The number of hydrogen-bond donors (Lipinski definition) is 0. The molecule has 3 nitrogen and oxygen atoms in total. The molecule has 0 bridgehead atoms. The van der Waals surface area contributed by atoms with E-state index in [0.717, 1.165) is 34.3 Å². The van der Waals surface area contributed by atoms with E-state index in [1.165, 1.54) is 4.88 Å². The summed E-state index contributed by atoms with van der Waals surface area (Å²) in [5.41, 5.74) is 2.26. The fourth-order valence-corrected chi connectivity index (χ4v) is 4.64. The summed E-state index contributed by atoms with van der Waals surface area (Å²) in [5.74, 6) is 1.70. The first-order valence-corrected chi connectivity index (χ1v) is 10.7. The molecule has 0 N–H and O–H groups in total. The molecule has 2 heterocycles. The van der Waals surface area contributed by atoms with Crippen molar-refractivity contribution < 1.29 is 0 Å². The maximum Gasteiger partial charge on any atom is 0.192 e. The Balaban J connectivity index is 1.85. The number of aromatic nitrogens is 3. The van der Waals surface area contributed by atoms with Crippen molar-refractivity contribution in [3.63, 3.8) is 0 Å². The van der Waals surface area contributed by atoms with Crippen molar-refractivity contribution >= 4 is 46.3 Å². The standard InChI is InChI=1S/C18H19Cl2N3S2/c1-4-14-8-13(10-24-14)17-21-22-18(23(17)11(2)3)25-9-12-5-6-15(19)16(20)7-12/h5-8,10-11H,4,9H2,1-3H3. The van der Waals surface area contributed by atoms with Gasteiger partial charge in [0.05, 0.1) is 10.0 Å². The lowest BCUT2D eigenvalue weighted by Gasteiger charge is -2.13. The van der Waals surface area contributed by atoms with Gasteiger partial charge in [0.25, 0.3) is 0 Å². The lowest BCUT2D eigenvalue weighted by molar-refractivity contribution is 0.555. The van der Waals surface area contributed by atoms with Crippen LogP contribution in [0.15, 0.2) is 34.8 Å². The number of aryl methyl sites for hydroxylation is 1. The monoisotopic (exact) mass is 411 g/mol. The van der Waals surface area contributed by atoms with E-state index in [4.69, 9.17) is 23.2 Å². The molecule has 0 fully saturated rings. The van der Waals surface area contributed by atoms with Crippen LogP contribution in [0, 0.1) is 0 Å². The smallest absolute Gasteiger partial charge is 0.192 e. The second-order valence-electron chi connectivity index (χ2n) is 5.96. The molecule has 3 rings (SSSR count). The van der Waals surface area contributed by atoms with Crippen LogP contribution >= 0.6 is 46.3 Å². The summed E-state index contributed by atoms with van der Waals surface area (Å²) in [6.07, 6.45) is 1.04. The third kappa shape index (κ3) is 4.22. The Hall–Kier alpha value is -1.01. The summed E-state index contributed by atoms with van der Waals surface area (Å²) >= 11 is 15.5. The molecule has 0 unspecified atom stereocenters. The van der Waals surface area contributed by atoms with E-state index in [0.29, 0.717) is 10.0 Å². The van der Waals surface area contributed by atoms with Gasteiger partial charge in [-0.15, -0.1) is 21.5 Å². The highest BCUT2D eigenvalue weighted by Crippen LogP contribution is 2.32. The first-order valence-electron chi connectivity index (χ1n) is 8.09. The van der Waals surface area contributed by atoms with Crippen LogP contribution in [-0.4, -0.2) is 14.8 Å². The molecule has 1 aromatic carbocycles. The summed E-state index contributed by atoms with van der Waals surface area (Å²) in [7, 11) is 0. The van der Waals surface area contributed by atoms with Crippen LogP contribution in [0.2, 0.25) is 10.0 Å². The van der Waals surface area contributed by atoms with Gasteiger partial charge in [0.2, 0.25) is 0 Å². The van der Waals surface area contributed by atoms with Crippen LogP contribution in [0.1, 0.15) is 37.3 Å². The predicted molar refractivity (Wildman–Crippen MR) is 109 cm³/mol. The van der Waals surface area contributed by atoms with Crippen LogP contribution in [0.5, 0.6) is 0 Å². The summed E-state index contributed by atoms with van der Waals surface area (Å²) in [6, 6.07) is 8.22. The van der Waals surface area contributed by atoms with Crippen LogP contribution in [-0.2, 0) is 12.2 Å². The largest absolute Gasteiger partial charge is 0.299 e. The van der Waals surface area contributed by atoms with Crippen molar-refractivity contribution in [3.8, 4) is 11.4 Å². The number of thiophene rings is 1. The Morgan fingerprint density at radius 3 is 2.60 bits per heavy atom. The van der Waals surface area contributed by atoms with Crippen LogP contribution < -0.4 is 0 Å². The van der Waals surface area contributed by atoms with Crippen LogP contribution in [0.3, 0.4) is 0 Å². The fourth-order valence-electron chi connectivity index (χ4n) is 2.50. The van der Waals surface area contributed by atoms with Gasteiger partial charge in [0.1, 0.15) is 0 Å². The quantitative estimate of drug-likeness (QED) is 0.420. The van der Waals surface area contributed by atoms with Gasteiger partial charge in [0, 0.05) is 27.6 Å². The molecular formula is C18H19Cl2N3S2. The first kappa shape index (κ1) is 18.8. The molecule has 0 aliphatic carbocycles. The van der Waals surface area contributed by atoms with Crippen molar-refractivity contribution in [2.75, 3.05) is 0 Å². The average Bonchev–Trinajstić information content (AvgIpc) is 3.21. The van der Waals surface area contributed by atoms with Gasteiger partial charge in [0.15, 0.2) is 11.0 Å². The van der Waals surface area contributed by atoms with Gasteiger partial charge in [-0.25, -0.2) is 0 Å². The van der Waals surface area contributed by atoms with E-state index in [1.54, 1.807) is 23.1 Å². The molecule has 0 radical (unpaired) electrons.